The van der Waals surface area contributed by atoms with Gasteiger partial charge >= 0.3 is 0 Å². The van der Waals surface area contributed by atoms with E-state index >= 15 is 0 Å². The number of carbonyl (C=O) groups excluding carboxylic acids is 7. The molecule has 1 fully saturated rings. The Hall–Kier alpha value is -4.35. The van der Waals surface area contributed by atoms with Gasteiger partial charge in [0.2, 0.25) is 36.5 Å². The number of amides is 5. The van der Waals surface area contributed by atoms with Crippen molar-refractivity contribution in [2.45, 2.75) is 156 Å². The number of likely N-dealkylation sites (tertiary alicyclic amines) is 1. The summed E-state index contributed by atoms with van der Waals surface area (Å²) in [6.45, 7) is 19.3. The topological polar surface area (TPSA) is 206 Å². The third-order valence-corrected chi connectivity index (χ3v) is 9.27. The normalized spacial score (nSPS) is 15.1. The van der Waals surface area contributed by atoms with Gasteiger partial charge in [0.25, 0.3) is 0 Å². The number of rotatable bonds is 20. The SMILES string of the molecule is CC.CCC.CCC(C)(C)NC=O.CCC(CC(CC(=O)C=O)NC(=O)C1CCCN1C(=O)C(NC)C(C)(C)O)C(F)F.CNCC(=O)NC(C(=O)N(C)C)c1ccccc1. The third-order valence-electron chi connectivity index (χ3n) is 9.27. The highest BCUT2D eigenvalue weighted by atomic mass is 19.3. The lowest BCUT2D eigenvalue weighted by molar-refractivity contribution is -0.144. The van der Waals surface area contributed by atoms with Crippen LogP contribution in [0.15, 0.2) is 30.3 Å². The number of carbonyl (C=O) groups is 7. The molecule has 352 valence electrons. The van der Waals surface area contributed by atoms with E-state index in [2.05, 4.69) is 40.4 Å². The van der Waals surface area contributed by atoms with E-state index in [-0.39, 0.29) is 49.4 Å². The minimum atomic E-state index is -2.62. The highest BCUT2D eigenvalue weighted by Crippen LogP contribution is 2.24. The Bertz CT molecular complexity index is 1410. The summed E-state index contributed by atoms with van der Waals surface area (Å²) in [7, 11) is 6.55. The van der Waals surface area contributed by atoms with Crippen LogP contribution in [0.1, 0.15) is 126 Å². The molecule has 1 saturated heterocycles. The number of Topliss-reactive ketones (excluding diaryl/α,β-unsaturated/α-hetero) is 1. The van der Waals surface area contributed by atoms with Gasteiger partial charge in [-0.25, -0.2) is 8.78 Å². The molecule has 1 heterocycles. The van der Waals surface area contributed by atoms with Crippen molar-refractivity contribution in [2.75, 3.05) is 41.3 Å². The molecular formula is C44H79F2N7O8. The van der Waals surface area contributed by atoms with Gasteiger partial charge in [0.05, 0.1) is 12.1 Å². The molecule has 5 amide bonds. The lowest BCUT2D eigenvalue weighted by Crippen LogP contribution is -2.59. The van der Waals surface area contributed by atoms with Crippen LogP contribution >= 0.6 is 0 Å². The Kier molecular flexibility index (Phi) is 33.3. The summed E-state index contributed by atoms with van der Waals surface area (Å²) in [4.78, 5) is 84.4. The fourth-order valence-corrected chi connectivity index (χ4v) is 5.67. The number of hydrogen-bond acceptors (Lipinski definition) is 10. The van der Waals surface area contributed by atoms with Crippen molar-refractivity contribution in [3.63, 3.8) is 0 Å². The number of alkyl halides is 2. The zero-order valence-corrected chi connectivity index (χ0v) is 39.3. The molecule has 5 unspecified atom stereocenters. The van der Waals surface area contributed by atoms with Gasteiger partial charge in [-0.3, -0.25) is 33.6 Å². The number of aliphatic hydroxyl groups is 1. The highest BCUT2D eigenvalue weighted by Gasteiger charge is 2.42. The second kappa shape index (κ2) is 33.3. The quantitative estimate of drug-likeness (QED) is 0.0815. The lowest BCUT2D eigenvalue weighted by atomic mass is 9.94. The molecule has 0 radical (unpaired) electrons. The van der Waals surface area contributed by atoms with E-state index in [0.717, 1.165) is 18.4 Å². The van der Waals surface area contributed by atoms with Crippen LogP contribution in [-0.4, -0.2) is 134 Å². The van der Waals surface area contributed by atoms with Crippen LogP contribution in [0.3, 0.4) is 0 Å². The molecule has 61 heavy (non-hydrogen) atoms. The van der Waals surface area contributed by atoms with Gasteiger partial charge in [-0.2, -0.15) is 0 Å². The van der Waals surface area contributed by atoms with Crippen LogP contribution in [0, 0.1) is 5.92 Å². The van der Waals surface area contributed by atoms with Crippen LogP contribution in [0.5, 0.6) is 0 Å². The zero-order valence-electron chi connectivity index (χ0n) is 39.3. The molecule has 0 saturated carbocycles. The van der Waals surface area contributed by atoms with E-state index in [0.29, 0.717) is 19.4 Å². The Balaban J connectivity index is -0.000000911. The fourth-order valence-electron chi connectivity index (χ4n) is 5.67. The second-order valence-electron chi connectivity index (χ2n) is 15.7. The monoisotopic (exact) mass is 872 g/mol. The summed E-state index contributed by atoms with van der Waals surface area (Å²) in [6.07, 6.45) is 1.02. The Morgan fingerprint density at radius 2 is 1.51 bits per heavy atom. The maximum absolute atomic E-state index is 13.2. The first-order valence-electron chi connectivity index (χ1n) is 21.2. The molecule has 1 aromatic carbocycles. The first kappa shape index (κ1) is 61.0. The minimum absolute atomic E-state index is 0.0260. The first-order valence-corrected chi connectivity index (χ1v) is 21.2. The van der Waals surface area contributed by atoms with E-state index in [4.69, 9.17) is 0 Å². The molecular weight excluding hydrogens is 793 g/mol. The molecule has 0 spiro atoms. The molecule has 0 bridgehead atoms. The van der Waals surface area contributed by atoms with Crippen LogP contribution < -0.4 is 26.6 Å². The number of ketones is 1. The number of hydrogen-bond donors (Lipinski definition) is 6. The van der Waals surface area contributed by atoms with Crippen LogP contribution in [0.25, 0.3) is 0 Å². The molecule has 0 aromatic heterocycles. The Labute approximate surface area is 364 Å². The van der Waals surface area contributed by atoms with E-state index < -0.39 is 59.7 Å². The van der Waals surface area contributed by atoms with E-state index in [1.54, 1.807) is 28.1 Å². The average molecular weight is 872 g/mol. The summed E-state index contributed by atoms with van der Waals surface area (Å²) in [5, 5.41) is 23.8. The molecule has 0 aliphatic carbocycles. The van der Waals surface area contributed by atoms with Crippen molar-refractivity contribution >= 4 is 42.1 Å². The third kappa shape index (κ3) is 25.2. The number of likely N-dealkylation sites (N-methyl/N-ethyl adjacent to an activating group) is 3. The van der Waals surface area contributed by atoms with Crippen molar-refractivity contribution < 1.29 is 47.4 Å². The van der Waals surface area contributed by atoms with Crippen molar-refractivity contribution in [3.8, 4) is 0 Å². The summed E-state index contributed by atoms with van der Waals surface area (Å²) < 4.78 is 26.3. The lowest BCUT2D eigenvalue weighted by Gasteiger charge is -2.34. The molecule has 1 aliphatic rings. The van der Waals surface area contributed by atoms with Crippen molar-refractivity contribution in [1.29, 1.82) is 0 Å². The number of benzene rings is 1. The maximum atomic E-state index is 13.2. The molecule has 6 N–H and O–H groups in total. The van der Waals surface area contributed by atoms with Gasteiger partial charge in [0.15, 0.2) is 12.1 Å². The molecule has 17 heteroatoms. The number of nitrogens with zero attached hydrogens (tertiary/aromatic N) is 2. The smallest absolute Gasteiger partial charge is 0.249 e. The summed E-state index contributed by atoms with van der Waals surface area (Å²) in [5.74, 6) is -3.17. The van der Waals surface area contributed by atoms with Gasteiger partial charge in [-0.1, -0.05) is 78.3 Å². The van der Waals surface area contributed by atoms with Crippen molar-refractivity contribution in [2.24, 2.45) is 5.92 Å². The predicted molar refractivity (Wildman–Crippen MR) is 237 cm³/mol. The van der Waals surface area contributed by atoms with E-state index in [9.17, 15) is 47.4 Å². The van der Waals surface area contributed by atoms with Gasteiger partial charge in [-0.05, 0) is 79.5 Å². The summed E-state index contributed by atoms with van der Waals surface area (Å²) >= 11 is 0. The second-order valence-corrected chi connectivity index (χ2v) is 15.7. The van der Waals surface area contributed by atoms with Crippen LogP contribution in [-0.2, 0) is 33.6 Å². The summed E-state index contributed by atoms with van der Waals surface area (Å²) in [5.41, 5.74) is -0.609. The zero-order chi connectivity index (χ0) is 47.9. The standard InChI is InChI=1S/C20H33F2N3O5.C13H19N3O2.C6H13NO.C3H8.C2H6/c1-5-12(17(21)22)9-13(10-14(27)11-26)24-18(28)15-7-6-8-25(15)19(29)16(23-4)20(2,3)30;1-14-9-11(17)15-12(13(18)16(2)3)10-7-5-4-6-8-10;1-4-6(2,3)7-5-8;1-3-2;1-2/h11-13,15-17,23,30H,5-10H2,1-4H3,(H,24,28);4-8,12,14H,9H2,1-3H3,(H,15,17);5H,4H2,1-3H3,(H,7,8);3H2,1-2H3;1-2H3. The minimum Gasteiger partial charge on any atom is -0.388 e. The van der Waals surface area contributed by atoms with Gasteiger partial charge in [0.1, 0.15) is 18.1 Å². The van der Waals surface area contributed by atoms with Gasteiger partial charge in [0, 0.05) is 44.6 Å². The van der Waals surface area contributed by atoms with Gasteiger partial charge in [-0.15, -0.1) is 0 Å². The van der Waals surface area contributed by atoms with E-state index in [1.165, 1.54) is 37.1 Å². The van der Waals surface area contributed by atoms with Crippen LogP contribution in [0.4, 0.5) is 8.78 Å². The average Bonchev–Trinajstić information content (AvgIpc) is 3.71. The number of aldehydes is 1. The van der Waals surface area contributed by atoms with Crippen LogP contribution in [0.2, 0.25) is 0 Å². The van der Waals surface area contributed by atoms with Crippen molar-refractivity contribution in [3.05, 3.63) is 35.9 Å². The van der Waals surface area contributed by atoms with Gasteiger partial charge < -0.3 is 41.5 Å². The highest BCUT2D eigenvalue weighted by molar-refractivity contribution is 6.25. The summed E-state index contributed by atoms with van der Waals surface area (Å²) in [6, 6.07) is 5.87. The molecule has 1 aromatic rings. The maximum Gasteiger partial charge on any atom is 0.249 e. The Morgan fingerprint density at radius 3 is 1.90 bits per heavy atom. The Morgan fingerprint density at radius 1 is 0.951 bits per heavy atom. The molecule has 1 aliphatic heterocycles. The van der Waals surface area contributed by atoms with Crippen molar-refractivity contribution in [1.82, 2.24) is 36.4 Å². The van der Waals surface area contributed by atoms with E-state index in [1.807, 2.05) is 65.0 Å². The number of nitrogens with one attached hydrogen (secondary N) is 5. The largest absolute Gasteiger partial charge is 0.388 e. The number of halogens is 2. The molecule has 15 nitrogen and oxygen atoms in total. The predicted octanol–water partition coefficient (Wildman–Crippen LogP) is 4.18. The first-order chi connectivity index (χ1) is 28.5. The molecule has 2 rings (SSSR count). The fraction of sp³-hybridized carbons (Fsp3) is 0.705. The molecule has 5 atom stereocenters.